The Bertz CT molecular complexity index is 930. The summed E-state index contributed by atoms with van der Waals surface area (Å²) in [4.78, 5) is 13.5. The minimum absolute atomic E-state index is 0.250. The molecule has 0 spiro atoms. The van der Waals surface area contributed by atoms with Crippen molar-refractivity contribution < 1.29 is 17.9 Å². The summed E-state index contributed by atoms with van der Waals surface area (Å²) in [5.74, 6) is 0.564. The van der Waals surface area contributed by atoms with E-state index in [0.29, 0.717) is 0 Å². The van der Waals surface area contributed by atoms with Crippen LogP contribution >= 0.6 is 0 Å². The SMILES string of the molecule is CN1CCN(c2nccn3c(-c4ccc(OC(F)(F)F)cc4)cnc23)CC1. The molecule has 0 N–H and O–H groups in total. The molecule has 1 aliphatic rings. The van der Waals surface area contributed by atoms with Crippen LogP contribution in [0.2, 0.25) is 0 Å². The van der Waals surface area contributed by atoms with Crippen LogP contribution in [-0.4, -0.2) is 58.9 Å². The molecular weight excluding hydrogens is 359 g/mol. The number of aromatic nitrogens is 3. The van der Waals surface area contributed by atoms with Gasteiger partial charge >= 0.3 is 6.36 Å². The molecular formula is C18H18F3N5O. The number of likely N-dealkylation sites (N-methyl/N-ethyl adjacent to an activating group) is 1. The van der Waals surface area contributed by atoms with Crippen LogP contribution in [0.3, 0.4) is 0 Å². The molecule has 0 amide bonds. The van der Waals surface area contributed by atoms with Crippen molar-refractivity contribution in [1.29, 1.82) is 0 Å². The predicted molar refractivity (Wildman–Crippen MR) is 94.8 cm³/mol. The van der Waals surface area contributed by atoms with Crippen molar-refractivity contribution in [3.8, 4) is 17.0 Å². The molecule has 1 aromatic carbocycles. The van der Waals surface area contributed by atoms with Crippen LogP contribution in [0.1, 0.15) is 0 Å². The molecule has 9 heteroatoms. The van der Waals surface area contributed by atoms with Gasteiger partial charge in [-0.25, -0.2) is 9.97 Å². The van der Waals surface area contributed by atoms with Crippen LogP contribution in [0.5, 0.6) is 5.75 Å². The Morgan fingerprint density at radius 3 is 2.37 bits per heavy atom. The number of alkyl halides is 3. The zero-order valence-corrected chi connectivity index (χ0v) is 14.6. The van der Waals surface area contributed by atoms with E-state index in [1.165, 1.54) is 12.1 Å². The van der Waals surface area contributed by atoms with Crippen LogP contribution in [-0.2, 0) is 0 Å². The fourth-order valence-corrected chi connectivity index (χ4v) is 3.19. The second kappa shape index (κ2) is 6.73. The number of anilines is 1. The number of rotatable bonds is 3. The number of halogens is 3. The Hall–Kier alpha value is -2.81. The van der Waals surface area contributed by atoms with Crippen molar-refractivity contribution in [2.45, 2.75) is 6.36 Å². The number of imidazole rings is 1. The maximum absolute atomic E-state index is 12.3. The topological polar surface area (TPSA) is 45.9 Å². The maximum atomic E-state index is 12.3. The first-order chi connectivity index (χ1) is 12.9. The van der Waals surface area contributed by atoms with Gasteiger partial charge in [-0.15, -0.1) is 13.2 Å². The highest BCUT2D eigenvalue weighted by atomic mass is 19.4. The minimum atomic E-state index is -4.70. The summed E-state index contributed by atoms with van der Waals surface area (Å²) >= 11 is 0. The lowest BCUT2D eigenvalue weighted by atomic mass is 10.1. The number of ether oxygens (including phenoxy) is 1. The Morgan fingerprint density at radius 2 is 1.70 bits per heavy atom. The lowest BCUT2D eigenvalue weighted by Gasteiger charge is -2.33. The first-order valence-electron chi connectivity index (χ1n) is 8.52. The molecule has 0 radical (unpaired) electrons. The summed E-state index contributed by atoms with van der Waals surface area (Å²) in [5, 5.41) is 0. The summed E-state index contributed by atoms with van der Waals surface area (Å²) in [6, 6.07) is 5.76. The zero-order valence-electron chi connectivity index (χ0n) is 14.6. The Balaban J connectivity index is 1.65. The van der Waals surface area contributed by atoms with Gasteiger partial charge in [-0.2, -0.15) is 0 Å². The highest BCUT2D eigenvalue weighted by Crippen LogP contribution is 2.28. The van der Waals surface area contributed by atoms with E-state index in [0.717, 1.165) is 48.9 Å². The van der Waals surface area contributed by atoms with Crippen molar-refractivity contribution in [3.63, 3.8) is 0 Å². The zero-order chi connectivity index (χ0) is 19.0. The van der Waals surface area contributed by atoms with Crippen LogP contribution in [0.25, 0.3) is 16.9 Å². The molecule has 0 atom stereocenters. The van der Waals surface area contributed by atoms with E-state index < -0.39 is 6.36 Å². The van der Waals surface area contributed by atoms with Gasteiger partial charge in [-0.3, -0.25) is 4.40 Å². The summed E-state index contributed by atoms with van der Waals surface area (Å²) in [6.07, 6.45) is 0.522. The average Bonchev–Trinajstić information content (AvgIpc) is 3.06. The van der Waals surface area contributed by atoms with E-state index in [1.54, 1.807) is 30.7 Å². The standard InChI is InChI=1S/C18H18F3N5O/c1-24-8-10-25(11-9-24)16-17-23-12-15(26(17)7-6-22-16)13-2-4-14(5-3-13)27-18(19,20)21/h2-7,12H,8-11H2,1H3. The van der Waals surface area contributed by atoms with Gasteiger partial charge in [0.2, 0.25) is 0 Å². The van der Waals surface area contributed by atoms with Crippen LogP contribution in [0, 0.1) is 0 Å². The molecule has 0 unspecified atom stereocenters. The van der Waals surface area contributed by atoms with Crippen molar-refractivity contribution in [3.05, 3.63) is 42.9 Å². The van der Waals surface area contributed by atoms with Crippen molar-refractivity contribution in [2.24, 2.45) is 0 Å². The summed E-state index contributed by atoms with van der Waals surface area (Å²) < 4.78 is 42.8. The fraction of sp³-hybridized carbons (Fsp3) is 0.333. The lowest BCUT2D eigenvalue weighted by molar-refractivity contribution is -0.274. The van der Waals surface area contributed by atoms with Crippen LogP contribution in [0.4, 0.5) is 19.0 Å². The van der Waals surface area contributed by atoms with E-state index in [1.807, 2.05) is 4.40 Å². The van der Waals surface area contributed by atoms with Crippen molar-refractivity contribution in [1.82, 2.24) is 19.3 Å². The molecule has 142 valence electrons. The van der Waals surface area contributed by atoms with Gasteiger partial charge in [-0.05, 0) is 31.3 Å². The molecule has 3 heterocycles. The molecule has 1 saturated heterocycles. The Labute approximate surface area is 153 Å². The molecule has 4 rings (SSSR count). The number of benzene rings is 1. The summed E-state index contributed by atoms with van der Waals surface area (Å²) in [5.41, 5.74) is 2.25. The van der Waals surface area contributed by atoms with Crippen molar-refractivity contribution in [2.75, 3.05) is 38.1 Å². The number of fused-ring (bicyclic) bond motifs is 1. The number of nitrogens with zero attached hydrogens (tertiary/aromatic N) is 5. The quantitative estimate of drug-likeness (QED) is 0.702. The van der Waals surface area contributed by atoms with E-state index >= 15 is 0 Å². The second-order valence-corrected chi connectivity index (χ2v) is 6.45. The molecule has 1 aliphatic heterocycles. The molecule has 6 nitrogen and oxygen atoms in total. The third-order valence-corrected chi connectivity index (χ3v) is 4.60. The van der Waals surface area contributed by atoms with Gasteiger partial charge in [0.1, 0.15) is 5.75 Å². The molecule has 3 aromatic rings. The van der Waals surface area contributed by atoms with Gasteiger partial charge in [0.05, 0.1) is 11.9 Å². The lowest BCUT2D eigenvalue weighted by Crippen LogP contribution is -2.45. The van der Waals surface area contributed by atoms with E-state index in [4.69, 9.17) is 0 Å². The molecule has 27 heavy (non-hydrogen) atoms. The first kappa shape index (κ1) is 17.6. The highest BCUT2D eigenvalue weighted by Gasteiger charge is 2.31. The first-order valence-corrected chi connectivity index (χ1v) is 8.52. The van der Waals surface area contributed by atoms with E-state index in [2.05, 4.69) is 31.6 Å². The molecule has 2 aromatic heterocycles. The number of hydrogen-bond acceptors (Lipinski definition) is 5. The van der Waals surface area contributed by atoms with Gasteiger partial charge in [0, 0.05) is 44.1 Å². The largest absolute Gasteiger partial charge is 0.573 e. The fourth-order valence-electron chi connectivity index (χ4n) is 3.19. The van der Waals surface area contributed by atoms with Gasteiger partial charge in [0.25, 0.3) is 0 Å². The van der Waals surface area contributed by atoms with E-state index in [-0.39, 0.29) is 5.75 Å². The monoisotopic (exact) mass is 377 g/mol. The van der Waals surface area contributed by atoms with Gasteiger partial charge in [-0.1, -0.05) is 0 Å². The highest BCUT2D eigenvalue weighted by molar-refractivity contribution is 5.71. The Kier molecular flexibility index (Phi) is 4.39. The normalized spacial score (nSPS) is 16.1. The Morgan fingerprint density at radius 1 is 1.00 bits per heavy atom. The molecule has 0 saturated carbocycles. The number of hydrogen-bond donors (Lipinski definition) is 0. The second-order valence-electron chi connectivity index (χ2n) is 6.45. The molecule has 0 bridgehead atoms. The van der Waals surface area contributed by atoms with E-state index in [9.17, 15) is 13.2 Å². The van der Waals surface area contributed by atoms with Gasteiger partial charge < -0.3 is 14.5 Å². The minimum Gasteiger partial charge on any atom is -0.406 e. The smallest absolute Gasteiger partial charge is 0.406 e. The molecule has 1 fully saturated rings. The third kappa shape index (κ3) is 3.68. The van der Waals surface area contributed by atoms with Crippen LogP contribution < -0.4 is 9.64 Å². The average molecular weight is 377 g/mol. The summed E-state index contributed by atoms with van der Waals surface area (Å²) in [7, 11) is 2.09. The number of piperazine rings is 1. The molecule has 0 aliphatic carbocycles. The van der Waals surface area contributed by atoms with Crippen molar-refractivity contribution >= 4 is 11.5 Å². The van der Waals surface area contributed by atoms with Gasteiger partial charge in [0.15, 0.2) is 11.5 Å². The summed E-state index contributed by atoms with van der Waals surface area (Å²) in [6.45, 7) is 3.65. The predicted octanol–water partition coefficient (Wildman–Crippen LogP) is 3.05. The maximum Gasteiger partial charge on any atom is 0.573 e. The van der Waals surface area contributed by atoms with Crippen LogP contribution in [0.15, 0.2) is 42.9 Å². The third-order valence-electron chi connectivity index (χ3n) is 4.60.